The van der Waals surface area contributed by atoms with Crippen molar-refractivity contribution in [2.45, 2.75) is 89.4 Å². The first kappa shape index (κ1) is 28.3. The predicted octanol–water partition coefficient (Wildman–Crippen LogP) is 4.78. The van der Waals surface area contributed by atoms with Gasteiger partial charge in [0.2, 0.25) is 0 Å². The Morgan fingerprint density at radius 3 is 2.44 bits per heavy atom. The summed E-state index contributed by atoms with van der Waals surface area (Å²) in [5.74, 6) is -0.603. The van der Waals surface area contributed by atoms with E-state index in [1.54, 1.807) is 0 Å². The van der Waals surface area contributed by atoms with Crippen LogP contribution in [0, 0.1) is 0 Å². The summed E-state index contributed by atoms with van der Waals surface area (Å²) in [6.07, 6.45) is 10.3. The van der Waals surface area contributed by atoms with Gasteiger partial charge in [-0.1, -0.05) is 37.1 Å². The molecular weight excluding hydrogens is 436 g/mol. The van der Waals surface area contributed by atoms with E-state index in [9.17, 15) is 9.59 Å². The lowest BCUT2D eigenvalue weighted by Crippen LogP contribution is -2.29. The highest BCUT2D eigenvalue weighted by Crippen LogP contribution is 2.18. The van der Waals surface area contributed by atoms with Crippen molar-refractivity contribution < 1.29 is 33.3 Å². The highest BCUT2D eigenvalue weighted by atomic mass is 16.7. The predicted molar refractivity (Wildman–Crippen MR) is 129 cm³/mol. The molecule has 2 atom stereocenters. The minimum absolute atomic E-state index is 0.00143. The quantitative estimate of drug-likeness (QED) is 0.235. The van der Waals surface area contributed by atoms with Crippen LogP contribution in [0.5, 0.6) is 0 Å². The molecular formula is C27H42O7. The van der Waals surface area contributed by atoms with Crippen LogP contribution in [-0.2, 0) is 46.1 Å². The van der Waals surface area contributed by atoms with Crippen molar-refractivity contribution in [3.63, 3.8) is 0 Å². The van der Waals surface area contributed by atoms with E-state index in [1.807, 2.05) is 12.1 Å². The summed E-state index contributed by atoms with van der Waals surface area (Å²) in [5, 5.41) is 0. The third-order valence-corrected chi connectivity index (χ3v) is 6.09. The van der Waals surface area contributed by atoms with E-state index in [4.69, 9.17) is 18.9 Å². The molecule has 0 N–H and O–H groups in total. The van der Waals surface area contributed by atoms with Crippen molar-refractivity contribution in [2.75, 3.05) is 34.0 Å². The van der Waals surface area contributed by atoms with Gasteiger partial charge in [0.15, 0.2) is 12.4 Å². The lowest BCUT2D eigenvalue weighted by molar-refractivity contribution is -0.162. The minimum atomic E-state index is -0.650. The largest absolute Gasteiger partial charge is 0.469 e. The summed E-state index contributed by atoms with van der Waals surface area (Å²) >= 11 is 0. The average Bonchev–Trinajstić information content (AvgIpc) is 2.87. The number of hydrogen-bond donors (Lipinski definition) is 0. The molecule has 1 aromatic rings. The van der Waals surface area contributed by atoms with Crippen LogP contribution in [0.15, 0.2) is 24.3 Å². The van der Waals surface area contributed by atoms with Crippen molar-refractivity contribution in [2.24, 2.45) is 0 Å². The van der Waals surface area contributed by atoms with Gasteiger partial charge in [0, 0.05) is 32.7 Å². The molecule has 1 fully saturated rings. The average molecular weight is 479 g/mol. The molecule has 192 valence electrons. The number of hydrogen-bond acceptors (Lipinski definition) is 7. The summed E-state index contributed by atoms with van der Waals surface area (Å²) in [5.41, 5.74) is 2.36. The third kappa shape index (κ3) is 11.4. The number of ether oxygens (including phenoxy) is 5. The Kier molecular flexibility index (Phi) is 14.5. The van der Waals surface area contributed by atoms with Gasteiger partial charge in [-0.05, 0) is 62.5 Å². The molecule has 1 aliphatic heterocycles. The fourth-order valence-corrected chi connectivity index (χ4v) is 4.07. The Morgan fingerprint density at radius 2 is 1.71 bits per heavy atom. The summed E-state index contributed by atoms with van der Waals surface area (Å²) in [6, 6.07) is 8.22. The smallest absolute Gasteiger partial charge is 0.335 e. The molecule has 0 spiro atoms. The molecule has 1 saturated heterocycles. The van der Waals surface area contributed by atoms with Gasteiger partial charge >= 0.3 is 11.9 Å². The highest BCUT2D eigenvalue weighted by Gasteiger charge is 2.21. The van der Waals surface area contributed by atoms with E-state index in [0.717, 1.165) is 63.7 Å². The summed E-state index contributed by atoms with van der Waals surface area (Å²) in [4.78, 5) is 23.5. The minimum Gasteiger partial charge on any atom is -0.469 e. The highest BCUT2D eigenvalue weighted by molar-refractivity contribution is 5.75. The van der Waals surface area contributed by atoms with Crippen molar-refractivity contribution in [3.05, 3.63) is 35.4 Å². The number of carbonyl (C=O) groups is 2. The van der Waals surface area contributed by atoms with Crippen molar-refractivity contribution in [1.29, 1.82) is 0 Å². The molecule has 0 aromatic heterocycles. The van der Waals surface area contributed by atoms with E-state index >= 15 is 0 Å². The molecule has 0 bridgehead atoms. The molecule has 34 heavy (non-hydrogen) atoms. The number of methoxy groups -OCH3 is 2. The van der Waals surface area contributed by atoms with Crippen molar-refractivity contribution in [3.8, 4) is 0 Å². The fourth-order valence-electron chi connectivity index (χ4n) is 4.07. The van der Waals surface area contributed by atoms with Gasteiger partial charge in [-0.3, -0.25) is 4.79 Å². The Morgan fingerprint density at radius 1 is 0.941 bits per heavy atom. The van der Waals surface area contributed by atoms with E-state index in [-0.39, 0.29) is 18.2 Å². The molecule has 2 unspecified atom stereocenters. The Balaban J connectivity index is 1.71. The molecule has 1 aromatic carbocycles. The van der Waals surface area contributed by atoms with Crippen LogP contribution in [0.2, 0.25) is 0 Å². The summed E-state index contributed by atoms with van der Waals surface area (Å²) in [7, 11) is 2.76. The van der Waals surface area contributed by atoms with E-state index < -0.39 is 6.10 Å². The van der Waals surface area contributed by atoms with E-state index in [1.165, 1.54) is 26.2 Å². The molecule has 1 aliphatic rings. The van der Waals surface area contributed by atoms with E-state index in [0.29, 0.717) is 32.3 Å². The van der Waals surface area contributed by atoms with Crippen LogP contribution in [-0.4, -0.2) is 58.4 Å². The molecule has 0 radical (unpaired) electrons. The maximum Gasteiger partial charge on any atom is 0.335 e. The number of benzene rings is 1. The molecule has 1 heterocycles. The first-order valence-electron chi connectivity index (χ1n) is 12.7. The van der Waals surface area contributed by atoms with E-state index in [2.05, 4.69) is 16.9 Å². The monoisotopic (exact) mass is 478 g/mol. The van der Waals surface area contributed by atoms with Gasteiger partial charge in [-0.15, -0.1) is 0 Å². The van der Waals surface area contributed by atoms with Crippen molar-refractivity contribution >= 4 is 11.9 Å². The van der Waals surface area contributed by atoms with Gasteiger partial charge in [0.1, 0.15) is 0 Å². The van der Waals surface area contributed by atoms with Crippen LogP contribution in [0.1, 0.15) is 75.3 Å². The Hall–Kier alpha value is -1.96. The van der Waals surface area contributed by atoms with Gasteiger partial charge in [0.25, 0.3) is 0 Å². The zero-order valence-corrected chi connectivity index (χ0v) is 20.9. The maximum atomic E-state index is 12.3. The van der Waals surface area contributed by atoms with Crippen LogP contribution >= 0.6 is 0 Å². The topological polar surface area (TPSA) is 80.3 Å². The number of carbonyl (C=O) groups excluding carboxylic acids is 2. The molecule has 7 heteroatoms. The zero-order chi connectivity index (χ0) is 24.4. The van der Waals surface area contributed by atoms with Crippen LogP contribution in [0.3, 0.4) is 0 Å². The molecule has 2 rings (SSSR count). The normalized spacial score (nSPS) is 16.7. The second-order valence-electron chi connectivity index (χ2n) is 8.72. The van der Waals surface area contributed by atoms with Crippen LogP contribution in [0.4, 0.5) is 0 Å². The van der Waals surface area contributed by atoms with Crippen LogP contribution in [0.25, 0.3) is 0 Å². The molecule has 0 amide bonds. The Bertz CT molecular complexity index is 700. The third-order valence-electron chi connectivity index (χ3n) is 6.09. The SMILES string of the molecule is COC(=O)CCCCOC(Cc1ccccc1CCCCCCOC1CCCCO1)C(=O)OC. The first-order valence-corrected chi connectivity index (χ1v) is 12.7. The number of aryl methyl sites for hydroxylation is 1. The Labute approximate surface area is 204 Å². The summed E-state index contributed by atoms with van der Waals surface area (Å²) in [6.45, 7) is 1.98. The van der Waals surface area contributed by atoms with Gasteiger partial charge < -0.3 is 23.7 Å². The fraction of sp³-hybridized carbons (Fsp3) is 0.704. The second kappa shape index (κ2) is 17.5. The van der Waals surface area contributed by atoms with Gasteiger partial charge in [-0.2, -0.15) is 0 Å². The van der Waals surface area contributed by atoms with Crippen LogP contribution < -0.4 is 0 Å². The number of esters is 2. The van der Waals surface area contributed by atoms with Crippen molar-refractivity contribution in [1.82, 2.24) is 0 Å². The van der Waals surface area contributed by atoms with Gasteiger partial charge in [0.05, 0.1) is 14.2 Å². The number of unbranched alkanes of at least 4 members (excludes halogenated alkanes) is 4. The molecule has 0 aliphatic carbocycles. The molecule has 0 saturated carbocycles. The van der Waals surface area contributed by atoms with Gasteiger partial charge in [-0.25, -0.2) is 4.79 Å². The number of rotatable bonds is 17. The summed E-state index contributed by atoms with van der Waals surface area (Å²) < 4.78 is 26.8. The lowest BCUT2D eigenvalue weighted by atomic mass is 9.97. The lowest BCUT2D eigenvalue weighted by Gasteiger charge is -2.22. The zero-order valence-electron chi connectivity index (χ0n) is 20.9. The maximum absolute atomic E-state index is 12.3. The molecule has 7 nitrogen and oxygen atoms in total. The standard InChI is InChI=1S/C27H42O7/c1-30-25(28)16-8-11-18-32-24(27(29)31-2)21-23-15-7-6-14-22(23)13-5-3-4-10-19-33-26-17-9-12-20-34-26/h6-7,14-15,24,26H,3-5,8-13,16-21H2,1-2H3. The first-order chi connectivity index (χ1) is 16.6. The second-order valence-corrected chi connectivity index (χ2v) is 8.72.